The quantitative estimate of drug-likeness (QED) is 0.746. The zero-order valence-corrected chi connectivity index (χ0v) is 11.2. The van der Waals surface area contributed by atoms with Gasteiger partial charge in [-0.3, -0.25) is 4.79 Å². The maximum atomic E-state index is 12.0. The number of phenolic OH excluding ortho intramolecular Hbond substituents is 1. The predicted octanol–water partition coefficient (Wildman–Crippen LogP) is 1.73. The average molecular weight is 252 g/mol. The number of rotatable bonds is 5. The van der Waals surface area contributed by atoms with E-state index in [0.29, 0.717) is 18.0 Å². The molecule has 3 N–H and O–H groups in total. The number of likely N-dealkylation sites (N-methyl/N-ethyl adjacent to an activating group) is 1. The summed E-state index contributed by atoms with van der Waals surface area (Å²) in [6, 6.07) is 4.74. The Morgan fingerprint density at radius 2 is 2.11 bits per heavy atom. The van der Waals surface area contributed by atoms with E-state index < -0.39 is 5.54 Å². The molecule has 0 fully saturated rings. The number of benzene rings is 1. The molecule has 1 aromatic rings. The number of anilines is 1. The highest BCUT2D eigenvalue weighted by atomic mass is 16.5. The highest BCUT2D eigenvalue weighted by Gasteiger charge is 2.26. The summed E-state index contributed by atoms with van der Waals surface area (Å²) in [4.78, 5) is 12.0. The molecule has 5 heteroatoms. The van der Waals surface area contributed by atoms with E-state index in [1.807, 2.05) is 6.92 Å². The zero-order valence-electron chi connectivity index (χ0n) is 11.2. The molecule has 100 valence electrons. The molecule has 0 saturated carbocycles. The van der Waals surface area contributed by atoms with Crippen molar-refractivity contribution in [3.8, 4) is 11.5 Å². The van der Waals surface area contributed by atoms with E-state index in [2.05, 4.69) is 10.6 Å². The first kappa shape index (κ1) is 14.3. The molecular formula is C13H20N2O3. The maximum Gasteiger partial charge on any atom is 0.244 e. The fourth-order valence-corrected chi connectivity index (χ4v) is 1.58. The van der Waals surface area contributed by atoms with Crippen molar-refractivity contribution in [1.29, 1.82) is 0 Å². The first-order chi connectivity index (χ1) is 8.40. The lowest BCUT2D eigenvalue weighted by Crippen LogP contribution is -2.49. The van der Waals surface area contributed by atoms with E-state index >= 15 is 0 Å². The largest absolute Gasteiger partial charge is 0.504 e. The summed E-state index contributed by atoms with van der Waals surface area (Å²) in [6.45, 7) is 6.24. The monoisotopic (exact) mass is 252 g/mol. The number of amides is 1. The highest BCUT2D eigenvalue weighted by Crippen LogP contribution is 2.28. The fraction of sp³-hybridized carbons (Fsp3) is 0.462. The molecule has 0 aliphatic carbocycles. The smallest absolute Gasteiger partial charge is 0.244 e. The molecule has 1 aromatic carbocycles. The van der Waals surface area contributed by atoms with Crippen LogP contribution in [0.3, 0.4) is 0 Å². The van der Waals surface area contributed by atoms with Gasteiger partial charge in [-0.05, 0) is 32.5 Å². The van der Waals surface area contributed by atoms with Gasteiger partial charge in [0.2, 0.25) is 5.91 Å². The van der Waals surface area contributed by atoms with Gasteiger partial charge in [-0.15, -0.1) is 0 Å². The fourth-order valence-electron chi connectivity index (χ4n) is 1.58. The lowest BCUT2D eigenvalue weighted by molar-refractivity contribution is -0.121. The van der Waals surface area contributed by atoms with Crippen LogP contribution in [0, 0.1) is 0 Å². The Labute approximate surface area is 107 Å². The first-order valence-electron chi connectivity index (χ1n) is 5.84. The molecule has 0 bridgehead atoms. The lowest BCUT2D eigenvalue weighted by atomic mass is 10.0. The number of hydrogen-bond acceptors (Lipinski definition) is 4. The molecule has 1 rings (SSSR count). The predicted molar refractivity (Wildman–Crippen MR) is 71.0 cm³/mol. The SMILES string of the molecule is CCNC(C)(C)C(=O)Nc1ccc(OC)c(O)c1. The zero-order chi connectivity index (χ0) is 13.8. The molecule has 0 radical (unpaired) electrons. The average Bonchev–Trinajstić information content (AvgIpc) is 2.29. The molecule has 18 heavy (non-hydrogen) atoms. The van der Waals surface area contributed by atoms with E-state index in [1.54, 1.807) is 26.0 Å². The minimum absolute atomic E-state index is 0.00319. The van der Waals surface area contributed by atoms with Crippen molar-refractivity contribution in [1.82, 2.24) is 5.32 Å². The van der Waals surface area contributed by atoms with E-state index in [4.69, 9.17) is 4.74 Å². The van der Waals surface area contributed by atoms with Crippen molar-refractivity contribution < 1.29 is 14.6 Å². The Kier molecular flexibility index (Phi) is 4.55. The summed E-state index contributed by atoms with van der Waals surface area (Å²) in [5, 5.41) is 15.4. The molecule has 0 aliphatic heterocycles. The van der Waals surface area contributed by atoms with Crippen molar-refractivity contribution in [2.24, 2.45) is 0 Å². The van der Waals surface area contributed by atoms with Crippen molar-refractivity contribution in [2.45, 2.75) is 26.3 Å². The van der Waals surface area contributed by atoms with E-state index in [-0.39, 0.29) is 11.7 Å². The number of carbonyl (C=O) groups excluding carboxylic acids is 1. The van der Waals surface area contributed by atoms with Gasteiger partial charge in [0.1, 0.15) is 0 Å². The number of methoxy groups -OCH3 is 1. The van der Waals surface area contributed by atoms with Crippen molar-refractivity contribution in [3.63, 3.8) is 0 Å². The number of carbonyl (C=O) groups is 1. The second kappa shape index (κ2) is 5.73. The topological polar surface area (TPSA) is 70.6 Å². The summed E-state index contributed by atoms with van der Waals surface area (Å²) in [5.74, 6) is 0.212. The van der Waals surface area contributed by atoms with Crippen LogP contribution in [0.5, 0.6) is 11.5 Å². The van der Waals surface area contributed by atoms with E-state index in [0.717, 1.165) is 0 Å². The molecule has 0 heterocycles. The van der Waals surface area contributed by atoms with Gasteiger partial charge in [0.05, 0.1) is 12.6 Å². The molecule has 5 nitrogen and oxygen atoms in total. The van der Waals surface area contributed by atoms with Crippen LogP contribution in [-0.2, 0) is 4.79 Å². The summed E-state index contributed by atoms with van der Waals surface area (Å²) in [6.07, 6.45) is 0. The molecule has 0 aromatic heterocycles. The molecule has 0 unspecified atom stereocenters. The van der Waals surface area contributed by atoms with Gasteiger partial charge in [0.25, 0.3) is 0 Å². The van der Waals surface area contributed by atoms with Crippen LogP contribution in [0.15, 0.2) is 18.2 Å². The number of hydrogen-bond donors (Lipinski definition) is 3. The first-order valence-corrected chi connectivity index (χ1v) is 5.84. The molecular weight excluding hydrogens is 232 g/mol. The number of ether oxygens (including phenoxy) is 1. The number of aromatic hydroxyl groups is 1. The van der Waals surface area contributed by atoms with Crippen LogP contribution >= 0.6 is 0 Å². The van der Waals surface area contributed by atoms with E-state index in [1.165, 1.54) is 13.2 Å². The van der Waals surface area contributed by atoms with E-state index in [9.17, 15) is 9.90 Å². The van der Waals surface area contributed by atoms with Gasteiger partial charge in [0.15, 0.2) is 11.5 Å². The number of phenols is 1. The molecule has 0 aliphatic rings. The Bertz CT molecular complexity index is 430. The van der Waals surface area contributed by atoms with Crippen molar-refractivity contribution in [3.05, 3.63) is 18.2 Å². The van der Waals surface area contributed by atoms with Crippen LogP contribution < -0.4 is 15.4 Å². The van der Waals surface area contributed by atoms with Gasteiger partial charge in [-0.1, -0.05) is 6.92 Å². The van der Waals surface area contributed by atoms with Gasteiger partial charge in [-0.2, -0.15) is 0 Å². The second-order valence-electron chi connectivity index (χ2n) is 4.50. The number of nitrogens with one attached hydrogen (secondary N) is 2. The third-order valence-corrected chi connectivity index (χ3v) is 2.62. The highest BCUT2D eigenvalue weighted by molar-refractivity contribution is 5.97. The summed E-state index contributed by atoms with van der Waals surface area (Å²) in [5.41, 5.74) is -0.131. The normalized spacial score (nSPS) is 11.1. The minimum Gasteiger partial charge on any atom is -0.504 e. The van der Waals surface area contributed by atoms with Gasteiger partial charge in [-0.25, -0.2) is 0 Å². The Morgan fingerprint density at radius 3 is 2.61 bits per heavy atom. The molecule has 0 spiro atoms. The molecule has 0 saturated heterocycles. The second-order valence-corrected chi connectivity index (χ2v) is 4.50. The Morgan fingerprint density at radius 1 is 1.44 bits per heavy atom. The van der Waals surface area contributed by atoms with Crippen LogP contribution in [0.2, 0.25) is 0 Å². The lowest BCUT2D eigenvalue weighted by Gasteiger charge is -2.24. The van der Waals surface area contributed by atoms with Crippen molar-refractivity contribution in [2.75, 3.05) is 19.0 Å². The van der Waals surface area contributed by atoms with Crippen LogP contribution in [0.4, 0.5) is 5.69 Å². The van der Waals surface area contributed by atoms with Gasteiger partial charge < -0.3 is 20.5 Å². The third-order valence-electron chi connectivity index (χ3n) is 2.62. The van der Waals surface area contributed by atoms with Crippen molar-refractivity contribution >= 4 is 11.6 Å². The molecule has 0 atom stereocenters. The summed E-state index contributed by atoms with van der Waals surface area (Å²) < 4.78 is 4.94. The van der Waals surface area contributed by atoms with Crippen LogP contribution in [-0.4, -0.2) is 30.2 Å². The Hall–Kier alpha value is -1.75. The van der Waals surface area contributed by atoms with Gasteiger partial charge in [0, 0.05) is 11.8 Å². The van der Waals surface area contributed by atoms with Crippen LogP contribution in [0.1, 0.15) is 20.8 Å². The summed E-state index contributed by atoms with van der Waals surface area (Å²) in [7, 11) is 1.47. The maximum absolute atomic E-state index is 12.0. The standard InChI is InChI=1S/C13H20N2O3/c1-5-14-13(2,3)12(17)15-9-6-7-11(18-4)10(16)8-9/h6-8,14,16H,5H2,1-4H3,(H,15,17). The minimum atomic E-state index is -0.662. The molecule has 1 amide bonds. The van der Waals surface area contributed by atoms with Crippen LogP contribution in [0.25, 0.3) is 0 Å². The summed E-state index contributed by atoms with van der Waals surface area (Å²) >= 11 is 0. The van der Waals surface area contributed by atoms with Gasteiger partial charge >= 0.3 is 0 Å². The Balaban J connectivity index is 2.79. The third kappa shape index (κ3) is 3.37.